The van der Waals surface area contributed by atoms with Gasteiger partial charge in [-0.25, -0.2) is 0 Å². The molecule has 0 saturated heterocycles. The zero-order valence-electron chi connectivity index (χ0n) is 8.14. The Morgan fingerprint density at radius 2 is 1.77 bits per heavy atom. The van der Waals surface area contributed by atoms with Crippen molar-refractivity contribution in [1.29, 1.82) is 0 Å². The van der Waals surface area contributed by atoms with Crippen molar-refractivity contribution in [2.45, 2.75) is 20.8 Å². The highest BCUT2D eigenvalue weighted by atomic mass is 16.1. The molecule has 0 aliphatic heterocycles. The average Bonchev–Trinajstić information content (AvgIpc) is 1.96. The molecule has 3 N–H and O–H groups in total. The summed E-state index contributed by atoms with van der Waals surface area (Å²) < 4.78 is 0. The first-order valence-electron chi connectivity index (χ1n) is 4.15. The lowest BCUT2D eigenvalue weighted by molar-refractivity contribution is -0.114. The number of carbonyl (C=O) groups excluding carboxylic acids is 1. The maximum Gasteiger partial charge on any atom is 0.221 e. The Bertz CT molecular complexity index is 322. The number of aryl methyl sites for hydroxylation is 2. The number of nitrogen functional groups attached to an aromatic ring is 1. The summed E-state index contributed by atoms with van der Waals surface area (Å²) in [4.78, 5) is 10.9. The number of hydrogen-bond donors (Lipinski definition) is 2. The normalized spacial score (nSPS) is 9.77. The van der Waals surface area contributed by atoms with Gasteiger partial charge in [0.15, 0.2) is 0 Å². The highest BCUT2D eigenvalue weighted by Gasteiger charge is 2.04. The van der Waals surface area contributed by atoms with Gasteiger partial charge in [0, 0.05) is 18.3 Å². The Kier molecular flexibility index (Phi) is 2.56. The predicted molar refractivity (Wildman–Crippen MR) is 54.6 cm³/mol. The van der Waals surface area contributed by atoms with Gasteiger partial charge in [0.05, 0.1) is 0 Å². The van der Waals surface area contributed by atoms with E-state index in [1.807, 2.05) is 26.0 Å². The van der Waals surface area contributed by atoms with Gasteiger partial charge in [0.25, 0.3) is 0 Å². The number of carbonyl (C=O) groups is 1. The Morgan fingerprint density at radius 3 is 2.15 bits per heavy atom. The van der Waals surface area contributed by atoms with Gasteiger partial charge in [-0.3, -0.25) is 4.79 Å². The van der Waals surface area contributed by atoms with Crippen LogP contribution in [0.3, 0.4) is 0 Å². The van der Waals surface area contributed by atoms with Gasteiger partial charge in [0.1, 0.15) is 0 Å². The molecule has 1 amide bonds. The molecule has 3 nitrogen and oxygen atoms in total. The Morgan fingerprint density at radius 1 is 1.31 bits per heavy atom. The molecule has 0 radical (unpaired) electrons. The molecule has 0 saturated carbocycles. The molecule has 0 atom stereocenters. The number of hydrogen-bond acceptors (Lipinski definition) is 2. The largest absolute Gasteiger partial charge is 0.399 e. The van der Waals surface area contributed by atoms with Gasteiger partial charge in [-0.05, 0) is 37.1 Å². The molecule has 0 aromatic heterocycles. The minimum absolute atomic E-state index is 0.0593. The smallest absolute Gasteiger partial charge is 0.221 e. The van der Waals surface area contributed by atoms with E-state index < -0.39 is 0 Å². The summed E-state index contributed by atoms with van der Waals surface area (Å²) in [5.74, 6) is -0.0593. The molecule has 0 aliphatic rings. The first-order chi connectivity index (χ1) is 6.00. The third-order valence-electron chi connectivity index (χ3n) is 1.86. The maximum atomic E-state index is 10.9. The molecule has 0 spiro atoms. The zero-order valence-corrected chi connectivity index (χ0v) is 8.14. The van der Waals surface area contributed by atoms with Crippen molar-refractivity contribution in [3.63, 3.8) is 0 Å². The molecule has 1 aromatic carbocycles. The van der Waals surface area contributed by atoms with Crippen molar-refractivity contribution < 1.29 is 4.79 Å². The summed E-state index contributed by atoms with van der Waals surface area (Å²) in [6.45, 7) is 5.35. The van der Waals surface area contributed by atoms with Crippen LogP contribution >= 0.6 is 0 Å². The molecule has 0 unspecified atom stereocenters. The third-order valence-corrected chi connectivity index (χ3v) is 1.86. The van der Waals surface area contributed by atoms with Crippen molar-refractivity contribution in [1.82, 2.24) is 0 Å². The zero-order chi connectivity index (χ0) is 10.0. The van der Waals surface area contributed by atoms with Crippen LogP contribution in [0.15, 0.2) is 12.1 Å². The first-order valence-corrected chi connectivity index (χ1v) is 4.15. The predicted octanol–water partition coefficient (Wildman–Crippen LogP) is 1.84. The van der Waals surface area contributed by atoms with Gasteiger partial charge in [-0.15, -0.1) is 0 Å². The number of anilines is 2. The first kappa shape index (κ1) is 9.58. The number of nitrogens with one attached hydrogen (secondary N) is 1. The maximum absolute atomic E-state index is 10.9. The monoisotopic (exact) mass is 178 g/mol. The fraction of sp³-hybridized carbons (Fsp3) is 0.300. The van der Waals surface area contributed by atoms with Crippen molar-refractivity contribution >= 4 is 17.3 Å². The van der Waals surface area contributed by atoms with E-state index in [2.05, 4.69) is 5.32 Å². The second kappa shape index (κ2) is 3.47. The highest BCUT2D eigenvalue weighted by molar-refractivity contribution is 5.90. The number of benzene rings is 1. The highest BCUT2D eigenvalue weighted by Crippen LogP contribution is 2.22. The summed E-state index contributed by atoms with van der Waals surface area (Å²) in [5.41, 5.74) is 9.22. The fourth-order valence-corrected chi connectivity index (χ4v) is 1.37. The van der Waals surface area contributed by atoms with E-state index in [0.717, 1.165) is 22.5 Å². The summed E-state index contributed by atoms with van der Waals surface area (Å²) >= 11 is 0. The van der Waals surface area contributed by atoms with Crippen LogP contribution in [0.25, 0.3) is 0 Å². The van der Waals surface area contributed by atoms with Crippen LogP contribution in [0.4, 0.5) is 11.4 Å². The standard InChI is InChI=1S/C10H14N2O/c1-6-4-9(11)5-7(2)10(6)12-8(3)13/h4-5H,11H2,1-3H3,(H,12,13). The van der Waals surface area contributed by atoms with Crippen LogP contribution < -0.4 is 11.1 Å². The Balaban J connectivity index is 3.13. The van der Waals surface area contributed by atoms with Crippen LogP contribution in [-0.4, -0.2) is 5.91 Å². The molecule has 3 heteroatoms. The molecule has 1 rings (SSSR count). The average molecular weight is 178 g/mol. The van der Waals surface area contributed by atoms with Crippen LogP contribution in [0, 0.1) is 13.8 Å². The van der Waals surface area contributed by atoms with E-state index in [0.29, 0.717) is 0 Å². The van der Waals surface area contributed by atoms with Crippen molar-refractivity contribution in [3.8, 4) is 0 Å². The van der Waals surface area contributed by atoms with E-state index in [9.17, 15) is 4.79 Å². The quantitative estimate of drug-likeness (QED) is 0.645. The topological polar surface area (TPSA) is 55.1 Å². The van der Waals surface area contributed by atoms with Crippen LogP contribution in [0.5, 0.6) is 0 Å². The summed E-state index contributed by atoms with van der Waals surface area (Å²) in [6, 6.07) is 3.69. The summed E-state index contributed by atoms with van der Waals surface area (Å²) in [6.07, 6.45) is 0. The van der Waals surface area contributed by atoms with E-state index in [1.165, 1.54) is 6.92 Å². The molecule has 0 bridgehead atoms. The van der Waals surface area contributed by atoms with Gasteiger partial charge >= 0.3 is 0 Å². The van der Waals surface area contributed by atoms with Crippen LogP contribution in [-0.2, 0) is 4.79 Å². The Hall–Kier alpha value is -1.51. The molecule has 0 aliphatic carbocycles. The Labute approximate surface area is 77.9 Å². The molecule has 13 heavy (non-hydrogen) atoms. The second-order valence-electron chi connectivity index (χ2n) is 3.21. The molecule has 0 fully saturated rings. The summed E-state index contributed by atoms with van der Waals surface area (Å²) in [5, 5.41) is 2.77. The van der Waals surface area contributed by atoms with Gasteiger partial charge in [0.2, 0.25) is 5.91 Å². The van der Waals surface area contributed by atoms with Crippen LogP contribution in [0.2, 0.25) is 0 Å². The van der Waals surface area contributed by atoms with Crippen LogP contribution in [0.1, 0.15) is 18.1 Å². The molecule has 1 aromatic rings. The molecule has 0 heterocycles. The van der Waals surface area contributed by atoms with Gasteiger partial charge < -0.3 is 11.1 Å². The third kappa shape index (κ3) is 2.21. The number of rotatable bonds is 1. The number of nitrogens with two attached hydrogens (primary N) is 1. The second-order valence-corrected chi connectivity index (χ2v) is 3.21. The van der Waals surface area contributed by atoms with E-state index >= 15 is 0 Å². The molecular weight excluding hydrogens is 164 g/mol. The molecule has 70 valence electrons. The molecular formula is C10H14N2O. The van der Waals surface area contributed by atoms with Gasteiger partial charge in [-0.1, -0.05) is 0 Å². The minimum Gasteiger partial charge on any atom is -0.399 e. The lowest BCUT2D eigenvalue weighted by atomic mass is 10.1. The van der Waals surface area contributed by atoms with Gasteiger partial charge in [-0.2, -0.15) is 0 Å². The fourth-order valence-electron chi connectivity index (χ4n) is 1.37. The minimum atomic E-state index is -0.0593. The van der Waals surface area contributed by atoms with E-state index in [1.54, 1.807) is 0 Å². The lowest BCUT2D eigenvalue weighted by Gasteiger charge is -2.10. The van der Waals surface area contributed by atoms with E-state index in [-0.39, 0.29) is 5.91 Å². The van der Waals surface area contributed by atoms with Crippen molar-refractivity contribution in [2.75, 3.05) is 11.1 Å². The van der Waals surface area contributed by atoms with Crippen molar-refractivity contribution in [2.24, 2.45) is 0 Å². The number of amides is 1. The van der Waals surface area contributed by atoms with Crippen molar-refractivity contribution in [3.05, 3.63) is 23.3 Å². The van der Waals surface area contributed by atoms with E-state index in [4.69, 9.17) is 5.73 Å². The summed E-state index contributed by atoms with van der Waals surface area (Å²) in [7, 11) is 0. The SMILES string of the molecule is CC(=O)Nc1c(C)cc(N)cc1C. The lowest BCUT2D eigenvalue weighted by Crippen LogP contribution is -2.09.